The minimum absolute atomic E-state index is 0.00439. The topological polar surface area (TPSA) is 163 Å². The van der Waals surface area contributed by atoms with Crippen molar-refractivity contribution in [2.45, 2.75) is 78.4 Å². The van der Waals surface area contributed by atoms with Gasteiger partial charge in [0, 0.05) is 64.3 Å². The van der Waals surface area contributed by atoms with Gasteiger partial charge in [0.1, 0.15) is 18.4 Å². The summed E-state index contributed by atoms with van der Waals surface area (Å²) in [4.78, 5) is 65.2. The van der Waals surface area contributed by atoms with Crippen LogP contribution >= 0.6 is 0 Å². The van der Waals surface area contributed by atoms with Crippen molar-refractivity contribution in [1.29, 1.82) is 0 Å². The molecule has 0 bridgehead atoms. The van der Waals surface area contributed by atoms with E-state index >= 15 is 0 Å². The number of piperazine rings is 1. The van der Waals surface area contributed by atoms with Crippen molar-refractivity contribution in [1.82, 2.24) is 40.5 Å². The molecular weight excluding hydrogens is 715 g/mol. The average molecular weight is 774 g/mol. The van der Waals surface area contributed by atoms with Gasteiger partial charge >= 0.3 is 0 Å². The van der Waals surface area contributed by atoms with Gasteiger partial charge in [-0.25, -0.2) is 9.67 Å². The zero-order chi connectivity index (χ0) is 40.2. The van der Waals surface area contributed by atoms with E-state index in [0.717, 1.165) is 31.7 Å². The first-order chi connectivity index (χ1) is 27.0. The van der Waals surface area contributed by atoms with Crippen LogP contribution in [0.25, 0.3) is 0 Å². The Labute approximate surface area is 330 Å². The number of aryl methyl sites for hydroxylation is 1. The Balaban J connectivity index is 1.29. The zero-order valence-corrected chi connectivity index (χ0v) is 33.8. The Bertz CT molecular complexity index is 1810. The highest BCUT2D eigenvalue weighted by molar-refractivity contribution is 5.88. The number of ether oxygens (including phenoxy) is 2. The number of hydrogen-bond acceptors (Lipinski definition) is 10. The molecule has 3 heterocycles. The standard InChI is InChI=1S/C41H59N9O6/c1-7-29(3)39-41(54)43-30(4)40-44-35(25-31-14-15-33(55-5)34(24-31)56-6)46-50(40)26-37(52)42-16-10-18-49(17-9-13-36(51)45-39)38(53)27-47-19-21-48(22-20-47)32-12-8-11-28(2)23-32/h8,11-12,14-15,23-24,29-30,39H,7,9-10,13,16-22,25-27H2,1-6H3,(H,42,52)(H,43,54)(H,45,51)/t29-,30+,39-/m0/s1. The minimum atomic E-state index is -0.782. The molecule has 0 unspecified atom stereocenters. The lowest BCUT2D eigenvalue weighted by Crippen LogP contribution is -2.51. The predicted octanol–water partition coefficient (Wildman–Crippen LogP) is 2.85. The van der Waals surface area contributed by atoms with Crippen LogP contribution in [0.5, 0.6) is 11.5 Å². The van der Waals surface area contributed by atoms with E-state index in [2.05, 4.69) is 56.9 Å². The van der Waals surface area contributed by atoms with Gasteiger partial charge in [0.15, 0.2) is 17.3 Å². The van der Waals surface area contributed by atoms with Crippen LogP contribution in [0.1, 0.15) is 75.3 Å². The molecule has 3 atom stereocenters. The fraction of sp³-hybridized carbons (Fsp3) is 0.561. The van der Waals surface area contributed by atoms with Crippen molar-refractivity contribution in [3.05, 3.63) is 65.2 Å². The summed E-state index contributed by atoms with van der Waals surface area (Å²) in [5, 5.41) is 13.7. The second-order valence-electron chi connectivity index (χ2n) is 14.9. The molecule has 304 valence electrons. The molecule has 2 aliphatic heterocycles. The highest BCUT2D eigenvalue weighted by atomic mass is 16.5. The van der Waals surface area contributed by atoms with E-state index in [1.165, 1.54) is 15.9 Å². The lowest BCUT2D eigenvalue weighted by Gasteiger charge is -2.36. The van der Waals surface area contributed by atoms with Crippen molar-refractivity contribution in [3.8, 4) is 11.5 Å². The molecule has 5 rings (SSSR count). The third-order valence-electron chi connectivity index (χ3n) is 10.6. The maximum atomic E-state index is 13.8. The van der Waals surface area contributed by atoms with Crippen LogP contribution < -0.4 is 30.3 Å². The van der Waals surface area contributed by atoms with Crippen molar-refractivity contribution in [2.24, 2.45) is 5.92 Å². The number of fused-ring (bicyclic) bond motifs is 1. The van der Waals surface area contributed by atoms with Gasteiger partial charge in [0.2, 0.25) is 23.6 Å². The molecule has 15 heteroatoms. The number of methoxy groups -OCH3 is 2. The molecule has 1 fully saturated rings. The van der Waals surface area contributed by atoms with Crippen LogP contribution in [-0.2, 0) is 32.1 Å². The highest BCUT2D eigenvalue weighted by Crippen LogP contribution is 2.28. The number of amides is 4. The van der Waals surface area contributed by atoms with Crippen molar-refractivity contribution in [2.75, 3.05) is 71.5 Å². The summed E-state index contributed by atoms with van der Waals surface area (Å²) < 4.78 is 12.4. The molecule has 2 aliphatic rings. The Morgan fingerprint density at radius 2 is 1.68 bits per heavy atom. The van der Waals surface area contributed by atoms with E-state index in [0.29, 0.717) is 68.5 Å². The van der Waals surface area contributed by atoms with Crippen molar-refractivity contribution >= 4 is 29.3 Å². The summed E-state index contributed by atoms with van der Waals surface area (Å²) >= 11 is 0. The summed E-state index contributed by atoms with van der Waals surface area (Å²) in [6, 6.07) is 12.6. The SMILES string of the molecule is CC[C@H](C)[C@@H]1NC(=O)CCCN(C(=O)CN2CCN(c3cccc(C)c3)CC2)CCCNC(=O)Cn2nc(Cc3ccc(OC)c(OC)c3)nc2[C@@H](C)NC1=O. The maximum Gasteiger partial charge on any atom is 0.243 e. The number of rotatable bonds is 9. The lowest BCUT2D eigenvalue weighted by atomic mass is 9.97. The normalized spacial score (nSPS) is 20.1. The van der Waals surface area contributed by atoms with Gasteiger partial charge < -0.3 is 35.2 Å². The molecule has 3 aromatic rings. The van der Waals surface area contributed by atoms with Gasteiger partial charge in [-0.15, -0.1) is 0 Å². The first-order valence-corrected chi connectivity index (χ1v) is 19.8. The van der Waals surface area contributed by atoms with Crippen LogP contribution in [0, 0.1) is 12.8 Å². The van der Waals surface area contributed by atoms with Gasteiger partial charge in [-0.1, -0.05) is 38.5 Å². The molecule has 56 heavy (non-hydrogen) atoms. The molecule has 1 aromatic heterocycles. The summed E-state index contributed by atoms with van der Waals surface area (Å²) in [7, 11) is 3.14. The first-order valence-electron chi connectivity index (χ1n) is 19.8. The van der Waals surface area contributed by atoms with Gasteiger partial charge in [-0.3, -0.25) is 24.1 Å². The highest BCUT2D eigenvalue weighted by Gasteiger charge is 2.29. The number of nitrogens with one attached hydrogen (secondary N) is 3. The molecule has 4 amide bonds. The number of nitrogens with zero attached hydrogens (tertiary/aromatic N) is 6. The molecule has 0 saturated carbocycles. The van der Waals surface area contributed by atoms with E-state index in [-0.39, 0.29) is 49.1 Å². The fourth-order valence-corrected chi connectivity index (χ4v) is 7.16. The molecule has 1 saturated heterocycles. The summed E-state index contributed by atoms with van der Waals surface area (Å²) in [5.41, 5.74) is 3.29. The molecule has 3 N–H and O–H groups in total. The van der Waals surface area contributed by atoms with Gasteiger partial charge in [0.25, 0.3) is 0 Å². The average Bonchev–Trinajstić information content (AvgIpc) is 3.58. The van der Waals surface area contributed by atoms with Crippen LogP contribution in [0.15, 0.2) is 42.5 Å². The van der Waals surface area contributed by atoms with Gasteiger partial charge in [0.05, 0.1) is 26.8 Å². The summed E-state index contributed by atoms with van der Waals surface area (Å²) in [6.45, 7) is 12.3. The predicted molar refractivity (Wildman–Crippen MR) is 214 cm³/mol. The zero-order valence-electron chi connectivity index (χ0n) is 33.8. The number of carbonyl (C=O) groups excluding carboxylic acids is 4. The van der Waals surface area contributed by atoms with E-state index in [4.69, 9.17) is 19.6 Å². The summed E-state index contributed by atoms with van der Waals surface area (Å²) in [6.07, 6.45) is 2.17. The Hall–Kier alpha value is -5.18. The Morgan fingerprint density at radius 1 is 0.929 bits per heavy atom. The molecular formula is C41H59N9O6. The Morgan fingerprint density at radius 3 is 2.39 bits per heavy atom. The molecule has 0 spiro atoms. The monoisotopic (exact) mass is 773 g/mol. The smallest absolute Gasteiger partial charge is 0.243 e. The summed E-state index contributed by atoms with van der Waals surface area (Å²) in [5.74, 6) is 1.04. The molecule has 0 radical (unpaired) electrons. The first kappa shape index (κ1) is 42.0. The number of carbonyl (C=O) groups is 4. The van der Waals surface area contributed by atoms with E-state index in [1.807, 2.05) is 32.0 Å². The quantitative estimate of drug-likeness (QED) is 0.295. The fourth-order valence-electron chi connectivity index (χ4n) is 7.16. The van der Waals surface area contributed by atoms with Crippen molar-refractivity contribution in [3.63, 3.8) is 0 Å². The minimum Gasteiger partial charge on any atom is -0.493 e. The number of anilines is 1. The third kappa shape index (κ3) is 11.4. The van der Waals surface area contributed by atoms with Crippen LogP contribution in [0.3, 0.4) is 0 Å². The largest absolute Gasteiger partial charge is 0.493 e. The molecule has 15 nitrogen and oxygen atoms in total. The second kappa shape index (κ2) is 20.1. The van der Waals surface area contributed by atoms with Gasteiger partial charge in [-0.2, -0.15) is 5.10 Å². The maximum absolute atomic E-state index is 13.8. The molecule has 0 aliphatic carbocycles. The number of benzene rings is 2. The van der Waals surface area contributed by atoms with Crippen LogP contribution in [-0.4, -0.2) is 121 Å². The van der Waals surface area contributed by atoms with E-state index in [1.54, 1.807) is 26.0 Å². The Kier molecular flexibility index (Phi) is 15.1. The van der Waals surface area contributed by atoms with E-state index in [9.17, 15) is 19.2 Å². The lowest BCUT2D eigenvalue weighted by molar-refractivity contribution is -0.133. The van der Waals surface area contributed by atoms with Crippen molar-refractivity contribution < 1.29 is 28.7 Å². The van der Waals surface area contributed by atoms with Gasteiger partial charge in [-0.05, 0) is 68.0 Å². The van der Waals surface area contributed by atoms with E-state index < -0.39 is 12.1 Å². The molecule has 2 aromatic carbocycles. The second-order valence-corrected chi connectivity index (χ2v) is 14.9. The third-order valence-corrected chi connectivity index (χ3v) is 10.6. The van der Waals surface area contributed by atoms with Crippen LogP contribution in [0.4, 0.5) is 5.69 Å². The number of aromatic nitrogens is 3. The number of hydrogen-bond donors (Lipinski definition) is 3. The van der Waals surface area contributed by atoms with Crippen LogP contribution in [0.2, 0.25) is 0 Å².